The average Bonchev–Trinajstić information content (AvgIpc) is 3.33. The number of carbonyl (C=O) groups excluding carboxylic acids is 1. The van der Waals surface area contributed by atoms with Crippen LogP contribution in [0.2, 0.25) is 0 Å². The van der Waals surface area contributed by atoms with Crippen molar-refractivity contribution in [1.82, 2.24) is 29.6 Å². The van der Waals surface area contributed by atoms with Gasteiger partial charge in [0.15, 0.2) is 11.4 Å². The predicted octanol–water partition coefficient (Wildman–Crippen LogP) is 3.98. The molecule has 0 radical (unpaired) electrons. The molecule has 1 aliphatic heterocycles. The molecule has 0 bridgehead atoms. The third-order valence-electron chi connectivity index (χ3n) is 6.23. The first-order chi connectivity index (χ1) is 16.1. The molecule has 0 aliphatic carbocycles. The van der Waals surface area contributed by atoms with Gasteiger partial charge in [0, 0.05) is 37.2 Å². The van der Waals surface area contributed by atoms with Crippen molar-refractivity contribution in [3.05, 3.63) is 60.1 Å². The Labute approximate surface area is 195 Å². The van der Waals surface area contributed by atoms with Crippen molar-refractivity contribution >= 4 is 11.7 Å². The van der Waals surface area contributed by atoms with Gasteiger partial charge in [0.25, 0.3) is 5.91 Å². The van der Waals surface area contributed by atoms with Crippen LogP contribution in [0.1, 0.15) is 42.1 Å². The Bertz CT molecular complexity index is 1130. The summed E-state index contributed by atoms with van der Waals surface area (Å²) in [6.07, 6.45) is 1.34. The Morgan fingerprint density at radius 3 is 2.62 bits per heavy atom. The number of alkyl halides is 3. The Balaban J connectivity index is 1.57. The van der Waals surface area contributed by atoms with Crippen LogP contribution in [0.4, 0.5) is 19.0 Å². The number of nitrogens with one attached hydrogen (secondary N) is 1. The van der Waals surface area contributed by atoms with Crippen LogP contribution in [0, 0.1) is 18.8 Å². The summed E-state index contributed by atoms with van der Waals surface area (Å²) in [5.41, 5.74) is 0.566. The van der Waals surface area contributed by atoms with Gasteiger partial charge in [0.2, 0.25) is 0 Å². The fraction of sp³-hybridized carbons (Fsp3) is 0.435. The molecule has 1 fully saturated rings. The summed E-state index contributed by atoms with van der Waals surface area (Å²) >= 11 is 0. The zero-order chi connectivity index (χ0) is 24.5. The molecule has 1 unspecified atom stereocenters. The third kappa shape index (κ3) is 5.02. The van der Waals surface area contributed by atoms with Crippen molar-refractivity contribution in [1.29, 1.82) is 0 Å². The van der Waals surface area contributed by atoms with E-state index in [0.29, 0.717) is 42.3 Å². The maximum absolute atomic E-state index is 13.7. The number of amides is 1. The van der Waals surface area contributed by atoms with E-state index < -0.39 is 11.9 Å². The molecule has 1 saturated heterocycles. The molecule has 3 aromatic rings. The lowest BCUT2D eigenvalue weighted by molar-refractivity contribution is -0.141. The highest BCUT2D eigenvalue weighted by molar-refractivity contribution is 5.96. The van der Waals surface area contributed by atoms with E-state index in [2.05, 4.69) is 39.2 Å². The van der Waals surface area contributed by atoms with Gasteiger partial charge in [0.1, 0.15) is 5.82 Å². The number of hydrogen-bond donors (Lipinski definition) is 1. The van der Waals surface area contributed by atoms with Gasteiger partial charge in [-0.25, -0.2) is 19.6 Å². The lowest BCUT2D eigenvalue weighted by atomic mass is 9.84. The van der Waals surface area contributed by atoms with Crippen molar-refractivity contribution in [3.8, 4) is 5.69 Å². The monoisotopic (exact) mass is 473 g/mol. The summed E-state index contributed by atoms with van der Waals surface area (Å²) in [4.78, 5) is 27.3. The second-order valence-electron chi connectivity index (χ2n) is 8.74. The van der Waals surface area contributed by atoms with E-state index in [-0.39, 0.29) is 23.7 Å². The first-order valence-electron chi connectivity index (χ1n) is 11.0. The minimum absolute atomic E-state index is 0.199. The molecule has 34 heavy (non-hydrogen) atoms. The molecular formula is C23H26F3N7O. The number of anilines is 1. The molecule has 0 saturated carbocycles. The highest BCUT2D eigenvalue weighted by Crippen LogP contribution is 2.30. The van der Waals surface area contributed by atoms with Crippen molar-refractivity contribution in [2.75, 3.05) is 18.4 Å². The van der Waals surface area contributed by atoms with Gasteiger partial charge < -0.3 is 10.2 Å². The Hall–Kier alpha value is -3.50. The number of halogens is 3. The molecule has 0 aromatic carbocycles. The van der Waals surface area contributed by atoms with E-state index in [1.165, 1.54) is 0 Å². The van der Waals surface area contributed by atoms with E-state index >= 15 is 0 Å². The number of likely N-dealkylation sites (tertiary alicyclic amines) is 1. The molecule has 1 N–H and O–H groups in total. The number of piperidine rings is 1. The third-order valence-corrected chi connectivity index (χ3v) is 6.23. The molecule has 4 heterocycles. The van der Waals surface area contributed by atoms with E-state index in [1.807, 2.05) is 19.1 Å². The number of pyridine rings is 1. The molecule has 1 aliphatic rings. The summed E-state index contributed by atoms with van der Waals surface area (Å²) in [6.45, 7) is 6.93. The SMILES string of the molecule is Cc1ccc(-n2cccn2)c(C(=O)N2CC(C)[C@@H](C)C[C@H]2CNc2cnc(C(F)(F)F)cn2)n1. The zero-order valence-electron chi connectivity index (χ0n) is 19.1. The molecule has 3 atom stereocenters. The lowest BCUT2D eigenvalue weighted by Crippen LogP contribution is -2.52. The number of aryl methyl sites for hydroxylation is 1. The number of rotatable bonds is 5. The fourth-order valence-electron chi connectivity index (χ4n) is 4.10. The molecule has 3 aromatic heterocycles. The van der Waals surface area contributed by atoms with Crippen molar-refractivity contribution in [3.63, 3.8) is 0 Å². The van der Waals surface area contributed by atoms with Crippen LogP contribution >= 0.6 is 0 Å². The van der Waals surface area contributed by atoms with Crippen LogP contribution in [-0.4, -0.2) is 54.7 Å². The van der Waals surface area contributed by atoms with Crippen LogP contribution in [0.25, 0.3) is 5.69 Å². The largest absolute Gasteiger partial charge is 0.434 e. The normalized spacial score (nSPS) is 20.9. The summed E-state index contributed by atoms with van der Waals surface area (Å²) in [6, 6.07) is 5.23. The highest BCUT2D eigenvalue weighted by Gasteiger charge is 2.36. The quantitative estimate of drug-likeness (QED) is 0.603. The zero-order valence-corrected chi connectivity index (χ0v) is 19.1. The maximum atomic E-state index is 13.7. The Kier molecular flexibility index (Phi) is 6.54. The van der Waals surface area contributed by atoms with Gasteiger partial charge in [-0.15, -0.1) is 0 Å². The van der Waals surface area contributed by atoms with Crippen LogP contribution < -0.4 is 5.32 Å². The van der Waals surface area contributed by atoms with Gasteiger partial charge in [-0.05, 0) is 43.4 Å². The first kappa shape index (κ1) is 23.7. The second-order valence-corrected chi connectivity index (χ2v) is 8.74. The molecule has 4 rings (SSSR count). The van der Waals surface area contributed by atoms with E-state index in [9.17, 15) is 18.0 Å². The number of nitrogens with zero attached hydrogens (tertiary/aromatic N) is 6. The van der Waals surface area contributed by atoms with Gasteiger partial charge in [0.05, 0.1) is 18.1 Å². The summed E-state index contributed by atoms with van der Waals surface area (Å²) < 4.78 is 39.9. The van der Waals surface area contributed by atoms with Gasteiger partial charge in [-0.1, -0.05) is 13.8 Å². The van der Waals surface area contributed by atoms with Gasteiger partial charge >= 0.3 is 6.18 Å². The molecule has 1 amide bonds. The summed E-state index contributed by atoms with van der Waals surface area (Å²) in [5, 5.41) is 7.29. The smallest absolute Gasteiger partial charge is 0.367 e. The van der Waals surface area contributed by atoms with Crippen LogP contribution in [0.3, 0.4) is 0 Å². The summed E-state index contributed by atoms with van der Waals surface area (Å²) in [5.74, 6) is 0.658. The average molecular weight is 474 g/mol. The molecule has 8 nitrogen and oxygen atoms in total. The van der Waals surface area contributed by atoms with Crippen molar-refractivity contribution in [2.24, 2.45) is 11.8 Å². The minimum Gasteiger partial charge on any atom is -0.367 e. The lowest BCUT2D eigenvalue weighted by Gasteiger charge is -2.42. The standard InChI is InChI=1S/C23H26F3N7O/c1-14-9-17(10-28-20-12-27-19(11-29-20)23(24,25)26)32(13-15(14)2)22(34)21-18(6-5-16(3)31-21)33-8-4-7-30-33/h4-8,11-12,14-15,17H,9-10,13H2,1-3H3,(H,28,29)/t14-,15?,17-/m0/s1. The van der Waals surface area contributed by atoms with Crippen LogP contribution in [0.15, 0.2) is 43.0 Å². The van der Waals surface area contributed by atoms with Crippen LogP contribution in [-0.2, 0) is 6.18 Å². The first-order valence-corrected chi connectivity index (χ1v) is 11.0. The predicted molar refractivity (Wildman–Crippen MR) is 119 cm³/mol. The topological polar surface area (TPSA) is 88.8 Å². The van der Waals surface area contributed by atoms with Crippen molar-refractivity contribution in [2.45, 2.75) is 39.4 Å². The summed E-state index contributed by atoms with van der Waals surface area (Å²) in [7, 11) is 0. The van der Waals surface area contributed by atoms with Gasteiger partial charge in [-0.3, -0.25) is 4.79 Å². The van der Waals surface area contributed by atoms with Gasteiger partial charge in [-0.2, -0.15) is 18.3 Å². The molecule has 0 spiro atoms. The van der Waals surface area contributed by atoms with Crippen molar-refractivity contribution < 1.29 is 18.0 Å². The van der Waals surface area contributed by atoms with E-state index in [4.69, 9.17) is 0 Å². The maximum Gasteiger partial charge on any atom is 0.434 e. The number of carbonyl (C=O) groups is 1. The van der Waals surface area contributed by atoms with Crippen LogP contribution in [0.5, 0.6) is 0 Å². The molecule has 180 valence electrons. The molecular weight excluding hydrogens is 447 g/mol. The Morgan fingerprint density at radius 1 is 1.18 bits per heavy atom. The highest BCUT2D eigenvalue weighted by atomic mass is 19.4. The van der Waals surface area contributed by atoms with E-state index in [0.717, 1.165) is 12.6 Å². The molecule has 11 heteroatoms. The van der Waals surface area contributed by atoms with E-state index in [1.54, 1.807) is 28.0 Å². The number of aromatic nitrogens is 5. The second kappa shape index (κ2) is 9.40. The number of hydrogen-bond acceptors (Lipinski definition) is 6. The minimum atomic E-state index is -4.54. The Morgan fingerprint density at radius 2 is 1.97 bits per heavy atom. The fourth-order valence-corrected chi connectivity index (χ4v) is 4.10.